The van der Waals surface area contributed by atoms with E-state index in [9.17, 15) is 0 Å². The molecule has 2 fully saturated rings. The molecule has 0 spiro atoms. The monoisotopic (exact) mass is 432 g/mol. The molecule has 2 aliphatic heterocycles. The zero-order valence-corrected chi connectivity index (χ0v) is 18.7. The van der Waals surface area contributed by atoms with E-state index in [1.54, 1.807) is 7.11 Å². The second-order valence-electron chi connectivity index (χ2n) is 8.88. The van der Waals surface area contributed by atoms with Crippen LogP contribution in [0.2, 0.25) is 0 Å². The maximum absolute atomic E-state index is 6.03. The number of H-pyrrole nitrogens is 1. The number of benzene rings is 2. The molecule has 6 nitrogen and oxygen atoms in total. The molecule has 0 saturated carbocycles. The largest absolute Gasteiger partial charge is 0.497 e. The molecule has 32 heavy (non-hydrogen) atoms. The Hall–Kier alpha value is -2.67. The highest BCUT2D eigenvalue weighted by atomic mass is 16.5. The Bertz CT molecular complexity index is 1010. The van der Waals surface area contributed by atoms with Gasteiger partial charge in [0, 0.05) is 55.8 Å². The van der Waals surface area contributed by atoms with Gasteiger partial charge in [0.25, 0.3) is 0 Å². The van der Waals surface area contributed by atoms with Gasteiger partial charge in [-0.05, 0) is 24.1 Å². The van der Waals surface area contributed by atoms with E-state index < -0.39 is 0 Å². The van der Waals surface area contributed by atoms with Crippen molar-refractivity contribution in [2.75, 3.05) is 40.0 Å². The minimum absolute atomic E-state index is 0.530. The van der Waals surface area contributed by atoms with Crippen molar-refractivity contribution < 1.29 is 9.47 Å². The van der Waals surface area contributed by atoms with Crippen LogP contribution in [0.25, 0.3) is 11.3 Å². The van der Waals surface area contributed by atoms with Gasteiger partial charge < -0.3 is 9.47 Å². The molecular formula is C26H32N4O2. The van der Waals surface area contributed by atoms with Gasteiger partial charge in [0.15, 0.2) is 0 Å². The SMILES string of the molecule is COc1cccc(-c2[nH]ncc2CN2CC[C@@H]3[C@@H](COCCN3Cc3ccccc3)C2)c1. The molecule has 3 aromatic rings. The third-order valence-electron chi connectivity index (χ3n) is 6.80. The summed E-state index contributed by atoms with van der Waals surface area (Å²) in [5, 5.41) is 7.55. The second-order valence-corrected chi connectivity index (χ2v) is 8.88. The van der Waals surface area contributed by atoms with E-state index in [4.69, 9.17) is 9.47 Å². The Morgan fingerprint density at radius 3 is 2.88 bits per heavy atom. The van der Waals surface area contributed by atoms with Crippen molar-refractivity contribution in [3.63, 3.8) is 0 Å². The number of aromatic nitrogens is 2. The van der Waals surface area contributed by atoms with E-state index in [0.717, 1.165) is 62.9 Å². The van der Waals surface area contributed by atoms with Crippen molar-refractivity contribution in [2.24, 2.45) is 5.92 Å². The number of aromatic amines is 1. The molecule has 1 N–H and O–H groups in total. The average molecular weight is 433 g/mol. The van der Waals surface area contributed by atoms with Crippen molar-refractivity contribution in [3.05, 3.63) is 71.9 Å². The standard InChI is InChI=1S/C26H32N4O2/c1-31-24-9-5-8-21(14-24)26-22(15-27-28-26)17-29-11-10-25-23(18-29)19-32-13-12-30(25)16-20-6-3-2-4-7-20/h2-9,14-15,23,25H,10-13,16-19H2,1H3,(H,27,28)/t23-,25-/m1/s1. The lowest BCUT2D eigenvalue weighted by Gasteiger charge is -2.42. The Balaban J connectivity index is 1.27. The molecule has 168 valence electrons. The maximum Gasteiger partial charge on any atom is 0.119 e. The molecule has 0 radical (unpaired) electrons. The van der Waals surface area contributed by atoms with Crippen molar-refractivity contribution in [1.29, 1.82) is 0 Å². The highest BCUT2D eigenvalue weighted by Crippen LogP contribution is 2.30. The topological polar surface area (TPSA) is 53.6 Å². The van der Waals surface area contributed by atoms with Crippen LogP contribution in [-0.2, 0) is 17.8 Å². The first-order valence-corrected chi connectivity index (χ1v) is 11.5. The molecule has 3 heterocycles. The van der Waals surface area contributed by atoms with Crippen LogP contribution in [0.4, 0.5) is 0 Å². The summed E-state index contributed by atoms with van der Waals surface area (Å²) in [6, 6.07) is 19.6. The number of piperidine rings is 1. The Morgan fingerprint density at radius 2 is 2.00 bits per heavy atom. The average Bonchev–Trinajstić information content (AvgIpc) is 3.21. The lowest BCUT2D eigenvalue weighted by molar-refractivity contribution is 0.0440. The highest BCUT2D eigenvalue weighted by molar-refractivity contribution is 5.64. The number of nitrogens with zero attached hydrogens (tertiary/aromatic N) is 3. The van der Waals surface area contributed by atoms with E-state index in [0.29, 0.717) is 12.0 Å². The fraction of sp³-hybridized carbons (Fsp3) is 0.423. The summed E-state index contributed by atoms with van der Waals surface area (Å²) in [6.45, 7) is 6.73. The molecule has 1 aromatic heterocycles. The minimum Gasteiger partial charge on any atom is -0.497 e. The maximum atomic E-state index is 6.03. The number of rotatable bonds is 6. The van der Waals surface area contributed by atoms with Crippen molar-refractivity contribution in [3.8, 4) is 17.0 Å². The number of ether oxygens (including phenoxy) is 2. The zero-order valence-electron chi connectivity index (χ0n) is 18.7. The molecule has 2 aromatic carbocycles. The van der Waals surface area contributed by atoms with Crippen LogP contribution in [0, 0.1) is 5.92 Å². The lowest BCUT2D eigenvalue weighted by Crippen LogP contribution is -2.50. The van der Waals surface area contributed by atoms with Crippen LogP contribution in [0.15, 0.2) is 60.8 Å². The summed E-state index contributed by atoms with van der Waals surface area (Å²) in [6.07, 6.45) is 3.14. The quantitative estimate of drug-likeness (QED) is 0.642. The van der Waals surface area contributed by atoms with Gasteiger partial charge in [0.1, 0.15) is 5.75 Å². The van der Waals surface area contributed by atoms with Crippen LogP contribution in [0.3, 0.4) is 0 Å². The van der Waals surface area contributed by atoms with Gasteiger partial charge in [-0.2, -0.15) is 5.10 Å². The predicted octanol–water partition coefficient (Wildman–Crippen LogP) is 3.81. The number of hydrogen-bond acceptors (Lipinski definition) is 5. The smallest absolute Gasteiger partial charge is 0.119 e. The summed E-state index contributed by atoms with van der Waals surface area (Å²) in [5.74, 6) is 1.39. The highest BCUT2D eigenvalue weighted by Gasteiger charge is 2.35. The van der Waals surface area contributed by atoms with Crippen LogP contribution in [0.5, 0.6) is 5.75 Å². The molecule has 0 aliphatic carbocycles. The van der Waals surface area contributed by atoms with E-state index in [1.807, 2.05) is 18.3 Å². The van der Waals surface area contributed by atoms with Crippen molar-refractivity contribution in [2.45, 2.75) is 25.6 Å². The van der Waals surface area contributed by atoms with Crippen LogP contribution in [-0.4, -0.2) is 66.0 Å². The third kappa shape index (κ3) is 4.72. The Morgan fingerprint density at radius 1 is 1.09 bits per heavy atom. The molecule has 2 aliphatic rings. The fourth-order valence-electron chi connectivity index (χ4n) is 5.18. The van der Waals surface area contributed by atoms with Crippen molar-refractivity contribution >= 4 is 0 Å². The summed E-state index contributed by atoms with van der Waals surface area (Å²) in [5.41, 5.74) is 4.80. The van der Waals surface area contributed by atoms with Gasteiger partial charge >= 0.3 is 0 Å². The first-order valence-electron chi connectivity index (χ1n) is 11.5. The second kappa shape index (κ2) is 9.86. The molecule has 5 rings (SSSR count). The number of methoxy groups -OCH3 is 1. The molecule has 6 heteroatoms. The van der Waals surface area contributed by atoms with Gasteiger partial charge in [-0.25, -0.2) is 0 Å². The first kappa shape index (κ1) is 21.2. The summed E-state index contributed by atoms with van der Waals surface area (Å²) >= 11 is 0. The van der Waals surface area contributed by atoms with E-state index in [1.165, 1.54) is 17.5 Å². The van der Waals surface area contributed by atoms with Gasteiger partial charge in [0.2, 0.25) is 0 Å². The van der Waals surface area contributed by atoms with E-state index in [-0.39, 0.29) is 0 Å². The predicted molar refractivity (Wildman–Crippen MR) is 125 cm³/mol. The molecule has 2 atom stereocenters. The van der Waals surface area contributed by atoms with Crippen LogP contribution in [0.1, 0.15) is 17.5 Å². The number of fused-ring (bicyclic) bond motifs is 1. The van der Waals surface area contributed by atoms with Gasteiger partial charge in [-0.3, -0.25) is 14.9 Å². The summed E-state index contributed by atoms with van der Waals surface area (Å²) in [7, 11) is 1.70. The molecular weight excluding hydrogens is 400 g/mol. The number of nitrogens with one attached hydrogen (secondary N) is 1. The molecule has 0 bridgehead atoms. The number of hydrogen-bond donors (Lipinski definition) is 1. The van der Waals surface area contributed by atoms with Crippen LogP contribution < -0.4 is 4.74 Å². The third-order valence-corrected chi connectivity index (χ3v) is 6.80. The normalized spacial score (nSPS) is 22.3. The molecule has 2 saturated heterocycles. The van der Waals surface area contributed by atoms with E-state index >= 15 is 0 Å². The van der Waals surface area contributed by atoms with Gasteiger partial charge in [0.05, 0.1) is 32.2 Å². The lowest BCUT2D eigenvalue weighted by atomic mass is 9.90. The Kier molecular flexibility index (Phi) is 6.53. The fourth-order valence-corrected chi connectivity index (χ4v) is 5.18. The molecule has 0 unspecified atom stereocenters. The van der Waals surface area contributed by atoms with E-state index in [2.05, 4.69) is 62.5 Å². The first-order chi connectivity index (χ1) is 15.8. The zero-order chi connectivity index (χ0) is 21.8. The van der Waals surface area contributed by atoms with Crippen LogP contribution >= 0.6 is 0 Å². The van der Waals surface area contributed by atoms with Gasteiger partial charge in [-0.15, -0.1) is 0 Å². The summed E-state index contributed by atoms with van der Waals surface area (Å²) in [4.78, 5) is 5.20. The Labute approximate surface area is 190 Å². The van der Waals surface area contributed by atoms with Gasteiger partial charge in [-0.1, -0.05) is 42.5 Å². The van der Waals surface area contributed by atoms with Crippen molar-refractivity contribution in [1.82, 2.24) is 20.0 Å². The minimum atomic E-state index is 0.530. The molecule has 0 amide bonds. The number of likely N-dealkylation sites (tertiary alicyclic amines) is 1. The summed E-state index contributed by atoms with van der Waals surface area (Å²) < 4.78 is 11.4.